The molecule has 0 radical (unpaired) electrons. The van der Waals surface area contributed by atoms with Gasteiger partial charge in [-0.2, -0.15) is 13.2 Å². The van der Waals surface area contributed by atoms with Gasteiger partial charge in [-0.3, -0.25) is 9.59 Å². The van der Waals surface area contributed by atoms with Gasteiger partial charge in [-0.15, -0.1) is 0 Å². The van der Waals surface area contributed by atoms with Gasteiger partial charge >= 0.3 is 6.18 Å². The third-order valence-corrected chi connectivity index (χ3v) is 5.63. The summed E-state index contributed by atoms with van der Waals surface area (Å²) in [6, 6.07) is 27.4. The third kappa shape index (κ3) is 5.87. The van der Waals surface area contributed by atoms with E-state index in [0.717, 1.165) is 17.2 Å². The van der Waals surface area contributed by atoms with Crippen molar-refractivity contribution in [1.82, 2.24) is 9.88 Å². The summed E-state index contributed by atoms with van der Waals surface area (Å²) in [5.74, 6) is -0.467. The third-order valence-electron chi connectivity index (χ3n) is 5.63. The molecule has 0 bridgehead atoms. The minimum absolute atomic E-state index is 0.00248. The first kappa shape index (κ1) is 24.0. The highest BCUT2D eigenvalue weighted by atomic mass is 19.4. The predicted octanol–water partition coefficient (Wildman–Crippen LogP) is 5.44. The molecule has 7 heteroatoms. The van der Waals surface area contributed by atoms with Gasteiger partial charge in [-0.1, -0.05) is 91.0 Å². The van der Waals surface area contributed by atoms with Crippen LogP contribution in [0.1, 0.15) is 22.3 Å². The van der Waals surface area contributed by atoms with Crippen molar-refractivity contribution in [2.24, 2.45) is 0 Å². The molecule has 0 unspecified atom stereocenters. The van der Waals surface area contributed by atoms with E-state index >= 15 is 0 Å². The lowest BCUT2D eigenvalue weighted by Crippen LogP contribution is -2.34. The SMILES string of the molecule is O=C(Cc1ccccc1)NCc1c(C(F)(F)F)cc(-c2ccccc2)n(Cc2ccccc2)c1=O. The number of carbonyl (C=O) groups excluding carboxylic acids is 1. The van der Waals surface area contributed by atoms with E-state index in [2.05, 4.69) is 5.32 Å². The van der Waals surface area contributed by atoms with Crippen molar-refractivity contribution in [1.29, 1.82) is 0 Å². The van der Waals surface area contributed by atoms with E-state index in [-0.39, 0.29) is 18.7 Å². The monoisotopic (exact) mass is 476 g/mol. The smallest absolute Gasteiger partial charge is 0.352 e. The first-order valence-electron chi connectivity index (χ1n) is 11.1. The van der Waals surface area contributed by atoms with Crippen LogP contribution in [0.5, 0.6) is 0 Å². The molecule has 178 valence electrons. The number of amides is 1. The molecule has 4 nitrogen and oxygen atoms in total. The lowest BCUT2D eigenvalue weighted by molar-refractivity contribution is -0.138. The molecule has 0 aliphatic rings. The Kier molecular flexibility index (Phi) is 7.15. The van der Waals surface area contributed by atoms with Crippen LogP contribution in [-0.4, -0.2) is 10.5 Å². The number of rotatable bonds is 7. The number of nitrogens with zero attached hydrogens (tertiary/aromatic N) is 1. The van der Waals surface area contributed by atoms with Crippen LogP contribution in [0.15, 0.2) is 102 Å². The van der Waals surface area contributed by atoms with Crippen LogP contribution in [0.2, 0.25) is 0 Å². The van der Waals surface area contributed by atoms with Gasteiger partial charge in [0.05, 0.1) is 24.2 Å². The first-order chi connectivity index (χ1) is 16.8. The van der Waals surface area contributed by atoms with Crippen LogP contribution in [0, 0.1) is 0 Å². The number of benzene rings is 3. The Bertz CT molecular complexity index is 1350. The maximum Gasteiger partial charge on any atom is 0.417 e. The Morgan fingerprint density at radius 3 is 1.91 bits per heavy atom. The van der Waals surface area contributed by atoms with Crippen LogP contribution in [0.4, 0.5) is 13.2 Å². The zero-order chi connectivity index (χ0) is 24.8. The van der Waals surface area contributed by atoms with Crippen LogP contribution in [-0.2, 0) is 30.5 Å². The molecule has 0 atom stereocenters. The van der Waals surface area contributed by atoms with Crippen molar-refractivity contribution in [3.8, 4) is 11.3 Å². The van der Waals surface area contributed by atoms with Crippen LogP contribution >= 0.6 is 0 Å². The fourth-order valence-electron chi connectivity index (χ4n) is 3.91. The minimum atomic E-state index is -4.77. The molecule has 3 aromatic carbocycles. The topological polar surface area (TPSA) is 51.1 Å². The highest BCUT2D eigenvalue weighted by molar-refractivity contribution is 5.78. The van der Waals surface area contributed by atoms with Crippen molar-refractivity contribution in [2.45, 2.75) is 25.7 Å². The average Bonchev–Trinajstić information content (AvgIpc) is 2.85. The standard InChI is InChI=1S/C28H23F3N2O2/c29-28(30,31)24-17-25(22-14-8-3-9-15-22)33(19-21-12-6-2-7-13-21)27(35)23(24)18-32-26(34)16-20-10-4-1-5-11-20/h1-15,17H,16,18-19H2,(H,32,34). The zero-order valence-electron chi connectivity index (χ0n) is 18.8. The van der Waals surface area contributed by atoms with Crippen molar-refractivity contribution in [3.05, 3.63) is 130 Å². The summed E-state index contributed by atoms with van der Waals surface area (Å²) in [5.41, 5.74) is -0.188. The summed E-state index contributed by atoms with van der Waals surface area (Å²) in [5, 5.41) is 2.50. The van der Waals surface area contributed by atoms with E-state index in [1.807, 2.05) is 6.07 Å². The summed E-state index contributed by atoms with van der Waals surface area (Å²) >= 11 is 0. The van der Waals surface area contributed by atoms with E-state index in [1.165, 1.54) is 4.57 Å². The molecule has 0 aliphatic heterocycles. The fraction of sp³-hybridized carbons (Fsp3) is 0.143. The van der Waals surface area contributed by atoms with Crippen molar-refractivity contribution in [2.75, 3.05) is 0 Å². The van der Waals surface area contributed by atoms with E-state index in [9.17, 15) is 22.8 Å². The van der Waals surface area contributed by atoms with E-state index in [4.69, 9.17) is 0 Å². The molecule has 4 aromatic rings. The van der Waals surface area contributed by atoms with Gasteiger partial charge in [0.25, 0.3) is 5.56 Å². The van der Waals surface area contributed by atoms with Gasteiger partial charge in [0.1, 0.15) is 0 Å². The highest BCUT2D eigenvalue weighted by Gasteiger charge is 2.36. The number of aromatic nitrogens is 1. The Morgan fingerprint density at radius 2 is 1.34 bits per heavy atom. The maximum atomic E-state index is 14.1. The molecule has 0 saturated carbocycles. The van der Waals surface area contributed by atoms with Crippen LogP contribution in [0.25, 0.3) is 11.3 Å². The zero-order valence-corrected chi connectivity index (χ0v) is 18.8. The number of hydrogen-bond acceptors (Lipinski definition) is 2. The molecule has 1 amide bonds. The van der Waals surface area contributed by atoms with E-state index in [1.54, 1.807) is 84.9 Å². The van der Waals surface area contributed by atoms with Crippen LogP contribution in [0.3, 0.4) is 0 Å². The molecule has 0 spiro atoms. The molecule has 0 fully saturated rings. The molecule has 1 aromatic heterocycles. The Hall–Kier alpha value is -4.13. The number of hydrogen-bond donors (Lipinski definition) is 1. The fourth-order valence-corrected chi connectivity index (χ4v) is 3.91. The number of halogens is 3. The van der Waals surface area contributed by atoms with Gasteiger partial charge in [0.2, 0.25) is 5.91 Å². The number of alkyl halides is 3. The molecule has 4 rings (SSSR count). The van der Waals surface area contributed by atoms with Gasteiger partial charge < -0.3 is 9.88 Å². The molecule has 1 N–H and O–H groups in total. The summed E-state index contributed by atoms with van der Waals surface area (Å²) in [6.45, 7) is -0.434. The van der Waals surface area contributed by atoms with Crippen molar-refractivity contribution in [3.63, 3.8) is 0 Å². The summed E-state index contributed by atoms with van der Waals surface area (Å²) < 4.78 is 43.6. The number of nitrogens with one attached hydrogen (secondary N) is 1. The summed E-state index contributed by atoms with van der Waals surface area (Å²) in [4.78, 5) is 25.9. The Balaban J connectivity index is 1.76. The molecule has 0 aliphatic carbocycles. The normalized spacial score (nSPS) is 11.3. The van der Waals surface area contributed by atoms with E-state index < -0.39 is 35.3 Å². The van der Waals surface area contributed by atoms with Gasteiger partial charge in [-0.05, 0) is 22.8 Å². The van der Waals surface area contributed by atoms with Gasteiger partial charge in [-0.25, -0.2) is 0 Å². The highest BCUT2D eigenvalue weighted by Crippen LogP contribution is 2.34. The van der Waals surface area contributed by atoms with Crippen molar-refractivity contribution < 1.29 is 18.0 Å². The largest absolute Gasteiger partial charge is 0.417 e. The first-order valence-corrected chi connectivity index (χ1v) is 11.1. The second-order valence-corrected chi connectivity index (χ2v) is 8.10. The number of carbonyl (C=O) groups is 1. The molecule has 1 heterocycles. The Morgan fingerprint density at radius 1 is 0.800 bits per heavy atom. The molecular formula is C28H23F3N2O2. The minimum Gasteiger partial charge on any atom is -0.352 e. The van der Waals surface area contributed by atoms with Gasteiger partial charge in [0, 0.05) is 12.1 Å². The van der Waals surface area contributed by atoms with Crippen molar-refractivity contribution >= 4 is 5.91 Å². The van der Waals surface area contributed by atoms with E-state index in [0.29, 0.717) is 5.56 Å². The van der Waals surface area contributed by atoms with Gasteiger partial charge in [0.15, 0.2) is 0 Å². The lowest BCUT2D eigenvalue weighted by atomic mass is 10.0. The second kappa shape index (κ2) is 10.4. The molecule has 0 saturated heterocycles. The quantitative estimate of drug-likeness (QED) is 0.386. The molecule has 35 heavy (non-hydrogen) atoms. The van der Waals surface area contributed by atoms with Crippen LogP contribution < -0.4 is 10.9 Å². The summed E-state index contributed by atoms with van der Waals surface area (Å²) in [7, 11) is 0. The molecular weight excluding hydrogens is 453 g/mol. The second-order valence-electron chi connectivity index (χ2n) is 8.10. The number of pyridine rings is 1. The maximum absolute atomic E-state index is 14.1. The predicted molar refractivity (Wildman–Crippen MR) is 129 cm³/mol. The summed E-state index contributed by atoms with van der Waals surface area (Å²) in [6.07, 6.45) is -4.77. The lowest BCUT2D eigenvalue weighted by Gasteiger charge is -2.20. The average molecular weight is 476 g/mol. The Labute approximate surface area is 200 Å².